The molecule has 142 valence electrons. The van der Waals surface area contributed by atoms with E-state index in [0.29, 0.717) is 11.6 Å². The molecule has 3 rings (SSSR count). The van der Waals surface area contributed by atoms with Gasteiger partial charge in [0.25, 0.3) is 11.5 Å². The summed E-state index contributed by atoms with van der Waals surface area (Å²) in [5.74, 6) is 0.532. The Hall–Kier alpha value is -2.05. The van der Waals surface area contributed by atoms with Crippen molar-refractivity contribution in [3.05, 3.63) is 51.9 Å². The molecule has 0 saturated carbocycles. The molecule has 0 spiro atoms. The number of amides is 1. The van der Waals surface area contributed by atoms with Gasteiger partial charge in [-0.2, -0.15) is 0 Å². The van der Waals surface area contributed by atoms with Crippen molar-refractivity contribution in [2.45, 2.75) is 26.7 Å². The minimum Gasteiger partial charge on any atom is -0.337 e. The molecular weight excluding hydrogens is 352 g/mol. The Bertz CT molecular complexity index is 774. The van der Waals surface area contributed by atoms with Crippen LogP contribution in [-0.4, -0.2) is 46.8 Å². The smallest absolute Gasteiger partial charge is 0.271 e. The molecule has 26 heavy (non-hydrogen) atoms. The highest BCUT2D eigenvalue weighted by atomic mass is 35.5. The van der Waals surface area contributed by atoms with Crippen molar-refractivity contribution in [1.29, 1.82) is 0 Å². The van der Waals surface area contributed by atoms with Crippen LogP contribution in [-0.2, 0) is 0 Å². The fourth-order valence-electron chi connectivity index (χ4n) is 3.25. The van der Waals surface area contributed by atoms with Gasteiger partial charge < -0.3 is 10.2 Å². The first kappa shape index (κ1) is 20.3. The number of nitrogens with one attached hydrogen (secondary N) is 2. The Balaban J connectivity index is 0.00000243. The Morgan fingerprint density at radius 2 is 1.88 bits per heavy atom. The van der Waals surface area contributed by atoms with E-state index in [2.05, 4.69) is 17.3 Å². The number of likely N-dealkylation sites (tertiary alicyclic amines) is 1. The number of carbonyl (C=O) groups is 1. The third-order valence-corrected chi connectivity index (χ3v) is 4.83. The van der Waals surface area contributed by atoms with Crippen molar-refractivity contribution in [1.82, 2.24) is 20.0 Å². The van der Waals surface area contributed by atoms with Crippen molar-refractivity contribution in [2.75, 3.05) is 26.2 Å². The number of aryl methyl sites for hydroxylation is 1. The molecule has 1 aliphatic heterocycles. The SMILES string of the molecule is CCNCC1CCN(C(=O)c2cc(=O)n(-c3ccc(C)cc3)[nH]2)CC1.Cl. The fourth-order valence-corrected chi connectivity index (χ4v) is 3.25. The molecular formula is C19H27ClN4O2. The topological polar surface area (TPSA) is 70.1 Å². The van der Waals surface area contributed by atoms with Gasteiger partial charge in [0.2, 0.25) is 0 Å². The van der Waals surface area contributed by atoms with Crippen LogP contribution in [0.25, 0.3) is 5.69 Å². The number of rotatable bonds is 5. The highest BCUT2D eigenvalue weighted by molar-refractivity contribution is 5.92. The number of aromatic amines is 1. The number of piperidine rings is 1. The van der Waals surface area contributed by atoms with Crippen molar-refractivity contribution < 1.29 is 4.79 Å². The lowest BCUT2D eigenvalue weighted by Crippen LogP contribution is -2.41. The molecule has 1 fully saturated rings. The number of H-pyrrole nitrogens is 1. The number of hydrogen-bond acceptors (Lipinski definition) is 3. The van der Waals surface area contributed by atoms with E-state index >= 15 is 0 Å². The van der Waals surface area contributed by atoms with Gasteiger partial charge >= 0.3 is 0 Å². The van der Waals surface area contributed by atoms with E-state index in [0.717, 1.165) is 50.3 Å². The third-order valence-electron chi connectivity index (χ3n) is 4.83. The fraction of sp³-hybridized carbons (Fsp3) is 0.474. The maximum atomic E-state index is 12.7. The lowest BCUT2D eigenvalue weighted by Gasteiger charge is -2.31. The van der Waals surface area contributed by atoms with E-state index in [4.69, 9.17) is 0 Å². The van der Waals surface area contributed by atoms with Crippen LogP contribution in [0.15, 0.2) is 35.1 Å². The lowest BCUT2D eigenvalue weighted by molar-refractivity contribution is 0.0684. The van der Waals surface area contributed by atoms with Gasteiger partial charge in [0.15, 0.2) is 0 Å². The lowest BCUT2D eigenvalue weighted by atomic mass is 9.96. The van der Waals surface area contributed by atoms with Gasteiger partial charge in [-0.3, -0.25) is 14.7 Å². The van der Waals surface area contributed by atoms with E-state index in [1.54, 1.807) is 0 Å². The van der Waals surface area contributed by atoms with Gasteiger partial charge in [0.05, 0.1) is 5.69 Å². The first-order chi connectivity index (χ1) is 12.1. The molecule has 2 aromatic rings. The zero-order valence-electron chi connectivity index (χ0n) is 15.3. The average Bonchev–Trinajstić information content (AvgIpc) is 3.02. The molecule has 1 saturated heterocycles. The van der Waals surface area contributed by atoms with E-state index < -0.39 is 0 Å². The predicted molar refractivity (Wildman–Crippen MR) is 106 cm³/mol. The molecule has 7 heteroatoms. The van der Waals surface area contributed by atoms with Crippen LogP contribution in [0.5, 0.6) is 0 Å². The molecule has 2 heterocycles. The van der Waals surface area contributed by atoms with Gasteiger partial charge in [-0.05, 0) is 50.9 Å². The van der Waals surface area contributed by atoms with Crippen LogP contribution >= 0.6 is 12.4 Å². The molecule has 0 unspecified atom stereocenters. The van der Waals surface area contributed by atoms with Crippen LogP contribution in [0, 0.1) is 12.8 Å². The van der Waals surface area contributed by atoms with Gasteiger partial charge in [0, 0.05) is 19.2 Å². The molecule has 2 N–H and O–H groups in total. The Kier molecular flexibility index (Phi) is 7.06. The molecule has 0 bridgehead atoms. The minimum absolute atomic E-state index is 0. The molecule has 6 nitrogen and oxygen atoms in total. The predicted octanol–water partition coefficient (Wildman–Crippen LogP) is 2.36. The third kappa shape index (κ3) is 4.56. The molecule has 0 atom stereocenters. The Morgan fingerprint density at radius 3 is 2.50 bits per heavy atom. The van der Waals surface area contributed by atoms with Gasteiger partial charge in [-0.1, -0.05) is 24.6 Å². The molecule has 1 aromatic heterocycles. The van der Waals surface area contributed by atoms with E-state index in [9.17, 15) is 9.59 Å². The average molecular weight is 379 g/mol. The number of hydrogen-bond donors (Lipinski definition) is 2. The van der Waals surface area contributed by atoms with E-state index in [1.165, 1.54) is 10.7 Å². The first-order valence-corrected chi connectivity index (χ1v) is 8.97. The van der Waals surface area contributed by atoms with Crippen molar-refractivity contribution in [2.24, 2.45) is 5.92 Å². The summed E-state index contributed by atoms with van der Waals surface area (Å²) in [7, 11) is 0. The van der Waals surface area contributed by atoms with Crippen molar-refractivity contribution >= 4 is 18.3 Å². The minimum atomic E-state index is -0.214. The zero-order chi connectivity index (χ0) is 17.8. The number of aromatic nitrogens is 2. The quantitative estimate of drug-likeness (QED) is 0.839. The second-order valence-electron chi connectivity index (χ2n) is 6.72. The summed E-state index contributed by atoms with van der Waals surface area (Å²) in [5.41, 5.74) is 2.00. The summed E-state index contributed by atoms with van der Waals surface area (Å²) >= 11 is 0. The molecule has 1 aliphatic rings. The first-order valence-electron chi connectivity index (χ1n) is 8.97. The standard InChI is InChI=1S/C19H26N4O2.ClH/c1-3-20-13-15-8-10-22(11-9-15)19(25)17-12-18(24)23(21-17)16-6-4-14(2)5-7-16;/h4-7,12,15,20-21H,3,8-11,13H2,1-2H3;1H. The maximum absolute atomic E-state index is 12.7. The van der Waals surface area contributed by atoms with Crippen LogP contribution < -0.4 is 10.9 Å². The number of carbonyl (C=O) groups excluding carboxylic acids is 1. The highest BCUT2D eigenvalue weighted by Crippen LogP contribution is 2.18. The number of benzene rings is 1. The summed E-state index contributed by atoms with van der Waals surface area (Å²) in [5, 5.41) is 6.33. The van der Waals surface area contributed by atoms with Gasteiger partial charge in [-0.25, -0.2) is 4.68 Å². The molecule has 0 aliphatic carbocycles. The monoisotopic (exact) mass is 378 g/mol. The zero-order valence-corrected chi connectivity index (χ0v) is 16.1. The number of halogens is 1. The van der Waals surface area contributed by atoms with Crippen LogP contribution in [0.1, 0.15) is 35.8 Å². The second-order valence-corrected chi connectivity index (χ2v) is 6.72. The molecule has 0 radical (unpaired) electrons. The van der Waals surface area contributed by atoms with Crippen molar-refractivity contribution in [3.8, 4) is 5.69 Å². The highest BCUT2D eigenvalue weighted by Gasteiger charge is 2.25. The number of nitrogens with zero attached hydrogens (tertiary/aromatic N) is 2. The summed E-state index contributed by atoms with van der Waals surface area (Å²) in [6.45, 7) is 7.58. The summed E-state index contributed by atoms with van der Waals surface area (Å²) < 4.78 is 1.42. The summed E-state index contributed by atoms with van der Waals surface area (Å²) in [4.78, 5) is 26.8. The van der Waals surface area contributed by atoms with Gasteiger partial charge in [-0.15, -0.1) is 12.4 Å². The van der Waals surface area contributed by atoms with Crippen LogP contribution in [0.4, 0.5) is 0 Å². The van der Waals surface area contributed by atoms with Crippen LogP contribution in [0.3, 0.4) is 0 Å². The summed E-state index contributed by atoms with van der Waals surface area (Å²) in [6, 6.07) is 9.02. The van der Waals surface area contributed by atoms with Crippen molar-refractivity contribution in [3.63, 3.8) is 0 Å². The maximum Gasteiger partial charge on any atom is 0.271 e. The molecule has 1 aromatic carbocycles. The normalized spacial score (nSPS) is 14.9. The summed E-state index contributed by atoms with van der Waals surface area (Å²) in [6.07, 6.45) is 2.00. The largest absolute Gasteiger partial charge is 0.337 e. The Morgan fingerprint density at radius 1 is 1.23 bits per heavy atom. The van der Waals surface area contributed by atoms with Gasteiger partial charge in [0.1, 0.15) is 5.69 Å². The van der Waals surface area contributed by atoms with E-state index in [1.807, 2.05) is 36.1 Å². The van der Waals surface area contributed by atoms with E-state index in [-0.39, 0.29) is 23.9 Å². The molecule has 1 amide bonds. The second kappa shape index (κ2) is 9.05. The Labute approximate surface area is 160 Å². The van der Waals surface area contributed by atoms with Crippen LogP contribution in [0.2, 0.25) is 0 Å².